The lowest BCUT2D eigenvalue weighted by Crippen LogP contribution is -2.29. The fraction of sp³-hybridized carbons (Fsp3) is 0.286. The van der Waals surface area contributed by atoms with Gasteiger partial charge in [-0.25, -0.2) is 4.58 Å². The zero-order valence-electron chi connectivity index (χ0n) is 21.3. The van der Waals surface area contributed by atoms with Crippen LogP contribution < -0.4 is 19.9 Å². The van der Waals surface area contributed by atoms with E-state index in [0.29, 0.717) is 27.9 Å². The first-order chi connectivity index (χ1) is 17.3. The number of carbonyl (C=O) groups excluding carboxylic acids is 1. The summed E-state index contributed by atoms with van der Waals surface area (Å²) in [7, 11) is 0. The Kier molecular flexibility index (Phi) is 8.55. The lowest BCUT2D eigenvalue weighted by Gasteiger charge is -2.23. The van der Waals surface area contributed by atoms with Gasteiger partial charge in [-0.1, -0.05) is 0 Å². The van der Waals surface area contributed by atoms with Crippen LogP contribution in [0.1, 0.15) is 38.1 Å². The van der Waals surface area contributed by atoms with Crippen LogP contribution in [0.15, 0.2) is 59.0 Å². The number of aromatic carboxylic acids is 1. The summed E-state index contributed by atoms with van der Waals surface area (Å²) >= 11 is 0. The summed E-state index contributed by atoms with van der Waals surface area (Å²) in [6, 6.07) is 15.3. The average molecular weight is 524 g/mol. The number of nitrogens with zero attached hydrogens (tertiary/aromatic N) is 3. The number of rotatable bonds is 8. The highest BCUT2D eigenvalue weighted by molar-refractivity contribution is 6.07. The first-order valence-corrected chi connectivity index (χ1v) is 12.2. The number of hydrogen-bond donors (Lipinski definition) is 0. The van der Waals surface area contributed by atoms with E-state index in [0.717, 1.165) is 37.2 Å². The lowest BCUT2D eigenvalue weighted by atomic mass is 9.90. The van der Waals surface area contributed by atoms with Crippen molar-refractivity contribution in [2.24, 2.45) is 0 Å². The molecule has 0 amide bonds. The third kappa shape index (κ3) is 5.15. The van der Waals surface area contributed by atoms with Crippen molar-refractivity contribution in [1.29, 1.82) is 0 Å². The summed E-state index contributed by atoms with van der Waals surface area (Å²) in [6.07, 6.45) is 0. The van der Waals surface area contributed by atoms with E-state index in [1.165, 1.54) is 18.2 Å². The van der Waals surface area contributed by atoms with Crippen molar-refractivity contribution in [3.05, 3.63) is 75.6 Å². The molecule has 1 aliphatic carbocycles. The van der Waals surface area contributed by atoms with Crippen molar-refractivity contribution >= 4 is 40.7 Å². The molecule has 2 aromatic carbocycles. The van der Waals surface area contributed by atoms with Crippen LogP contribution >= 0.6 is 12.4 Å². The predicted molar refractivity (Wildman–Crippen MR) is 146 cm³/mol. The minimum atomic E-state index is -1.40. The molecule has 0 fully saturated rings. The molecule has 4 rings (SSSR count). The number of hydrogen-bond acceptors (Lipinski definition) is 6. The third-order valence-corrected chi connectivity index (χ3v) is 6.65. The zero-order valence-corrected chi connectivity index (χ0v) is 22.1. The van der Waals surface area contributed by atoms with Crippen molar-refractivity contribution in [1.82, 2.24) is 4.58 Å². The molecule has 194 valence electrons. The second-order valence-corrected chi connectivity index (χ2v) is 8.46. The maximum atomic E-state index is 12.1. The van der Waals surface area contributed by atoms with Gasteiger partial charge >= 0.3 is 0 Å². The molecule has 8 nitrogen and oxygen atoms in total. The molecule has 0 atom stereocenters. The standard InChI is InChI=1S/C28H29N3O5.ClH/c1-5-29(6-2)18-9-13-22-25(16-18)36-26-17-19(30(7-3)8-4)10-14-23(26)27(22)24-15-20(31(34)35)11-12-21(24)28(32)33;/h9-17H,5-8H2,1-4H3;1H. The number of carbonyl (C=O) groups is 1. The second kappa shape index (κ2) is 11.4. The fourth-order valence-corrected chi connectivity index (χ4v) is 4.76. The van der Waals surface area contributed by atoms with Crippen molar-refractivity contribution in [3.63, 3.8) is 0 Å². The van der Waals surface area contributed by atoms with Gasteiger partial charge in [-0.15, -0.1) is 12.4 Å². The minimum absolute atomic E-state index is 0. The van der Waals surface area contributed by atoms with Crippen LogP contribution in [0.2, 0.25) is 0 Å². The van der Waals surface area contributed by atoms with E-state index in [1.54, 1.807) is 0 Å². The maximum absolute atomic E-state index is 12.1. The molecule has 0 N–H and O–H groups in total. The van der Waals surface area contributed by atoms with Crippen molar-refractivity contribution in [3.8, 4) is 22.5 Å². The van der Waals surface area contributed by atoms with Gasteiger partial charge in [0.15, 0.2) is 0 Å². The van der Waals surface area contributed by atoms with Crippen LogP contribution in [0.3, 0.4) is 0 Å². The van der Waals surface area contributed by atoms with Crippen LogP contribution in [-0.2, 0) is 0 Å². The van der Waals surface area contributed by atoms with Gasteiger partial charge in [-0.2, -0.15) is 0 Å². The molecule has 0 spiro atoms. The van der Waals surface area contributed by atoms with Crippen molar-refractivity contribution in [2.45, 2.75) is 27.7 Å². The monoisotopic (exact) mass is 523 g/mol. The number of halogens is 1. The largest absolute Gasteiger partial charge is 0.545 e. The molecule has 0 bridgehead atoms. The van der Waals surface area contributed by atoms with Gasteiger partial charge < -0.3 is 19.2 Å². The Hall–Kier alpha value is -3.91. The number of nitro benzene ring substituents is 1. The van der Waals surface area contributed by atoms with E-state index >= 15 is 0 Å². The summed E-state index contributed by atoms with van der Waals surface area (Å²) in [4.78, 5) is 25.3. The Balaban J connectivity index is 0.00000380. The van der Waals surface area contributed by atoms with Gasteiger partial charge in [0.2, 0.25) is 5.36 Å². The Morgan fingerprint density at radius 2 is 1.62 bits per heavy atom. The second-order valence-electron chi connectivity index (χ2n) is 8.46. The van der Waals surface area contributed by atoms with Crippen LogP contribution in [0.4, 0.5) is 11.4 Å². The smallest absolute Gasteiger partial charge is 0.270 e. The predicted octanol–water partition coefficient (Wildman–Crippen LogP) is 4.56. The molecule has 2 aliphatic rings. The van der Waals surface area contributed by atoms with E-state index < -0.39 is 10.9 Å². The quantitative estimate of drug-likeness (QED) is 0.145. The van der Waals surface area contributed by atoms with Crippen LogP contribution in [0.5, 0.6) is 0 Å². The highest BCUT2D eigenvalue weighted by Gasteiger charge is 2.23. The highest BCUT2D eigenvalue weighted by Crippen LogP contribution is 2.42. The number of carboxylic acid groups (broad SMARTS) is 1. The van der Waals surface area contributed by atoms with E-state index in [2.05, 4.69) is 37.2 Å². The Morgan fingerprint density at radius 1 is 0.919 bits per heavy atom. The number of nitro groups is 1. The summed E-state index contributed by atoms with van der Waals surface area (Å²) in [5, 5.41) is 25.3. The SMILES string of the molecule is CCN(CC)c1ccc2c(-c3cc([N+](=O)[O-])ccc3C(=O)[O-])c3ccc(=[N+](CC)CC)cc-3oc2c1.Cl. The molecule has 0 unspecified atom stereocenters. The van der Waals surface area contributed by atoms with Gasteiger partial charge in [0.1, 0.15) is 24.4 Å². The van der Waals surface area contributed by atoms with Gasteiger partial charge in [0.25, 0.3) is 5.69 Å². The molecular weight excluding hydrogens is 494 g/mol. The molecule has 0 radical (unpaired) electrons. The van der Waals surface area contributed by atoms with Crippen LogP contribution in [0, 0.1) is 10.1 Å². The number of fused-ring (bicyclic) bond motifs is 2. The summed E-state index contributed by atoms with van der Waals surface area (Å²) in [5.41, 5.74) is 2.67. The number of benzene rings is 3. The number of anilines is 1. The Labute approximate surface area is 221 Å². The lowest BCUT2D eigenvalue weighted by molar-refractivity contribution is -0.384. The highest BCUT2D eigenvalue weighted by atomic mass is 35.5. The zero-order chi connectivity index (χ0) is 26.0. The van der Waals surface area contributed by atoms with Crippen LogP contribution in [-0.4, -0.2) is 37.1 Å². The van der Waals surface area contributed by atoms with Crippen LogP contribution in [0.25, 0.3) is 33.4 Å². The Morgan fingerprint density at radius 3 is 2.22 bits per heavy atom. The fourth-order valence-electron chi connectivity index (χ4n) is 4.76. The first-order valence-electron chi connectivity index (χ1n) is 12.2. The first kappa shape index (κ1) is 27.7. The molecule has 9 heteroatoms. The molecule has 0 saturated heterocycles. The summed E-state index contributed by atoms with van der Waals surface area (Å²) in [6.45, 7) is 11.5. The molecule has 1 aliphatic heterocycles. The van der Waals surface area contributed by atoms with Gasteiger partial charge in [0, 0.05) is 65.1 Å². The normalized spacial score (nSPS) is 10.8. The van der Waals surface area contributed by atoms with Gasteiger partial charge in [-0.3, -0.25) is 10.1 Å². The molecule has 1 heterocycles. The van der Waals surface area contributed by atoms with E-state index in [-0.39, 0.29) is 29.2 Å². The third-order valence-electron chi connectivity index (χ3n) is 6.65. The van der Waals surface area contributed by atoms with Gasteiger partial charge in [-0.05, 0) is 57.5 Å². The van der Waals surface area contributed by atoms with E-state index in [9.17, 15) is 20.0 Å². The molecular formula is C28H30ClN3O5. The molecule has 2 aromatic rings. The molecule has 37 heavy (non-hydrogen) atoms. The summed E-state index contributed by atoms with van der Waals surface area (Å²) < 4.78 is 8.58. The van der Waals surface area contributed by atoms with Crippen molar-refractivity contribution in [2.75, 3.05) is 31.1 Å². The maximum Gasteiger partial charge on any atom is 0.270 e. The molecule has 0 saturated carbocycles. The van der Waals surface area contributed by atoms with E-state index in [4.69, 9.17) is 4.42 Å². The number of non-ortho nitro benzene ring substituents is 1. The van der Waals surface area contributed by atoms with Gasteiger partial charge in [0.05, 0.1) is 17.0 Å². The molecule has 0 aromatic heterocycles. The minimum Gasteiger partial charge on any atom is -0.545 e. The number of carboxylic acids is 1. The summed E-state index contributed by atoms with van der Waals surface area (Å²) in [5.74, 6) is -0.837. The van der Waals surface area contributed by atoms with Crippen molar-refractivity contribution < 1.29 is 19.2 Å². The topological polar surface area (TPSA) is 103 Å². The Bertz CT molecular complexity index is 1500. The average Bonchev–Trinajstić information content (AvgIpc) is 2.88. The van der Waals surface area contributed by atoms with E-state index in [1.807, 2.05) is 36.4 Å².